The summed E-state index contributed by atoms with van der Waals surface area (Å²) >= 11 is 1.78. The summed E-state index contributed by atoms with van der Waals surface area (Å²) in [5.41, 5.74) is 2.53. The lowest BCUT2D eigenvalue weighted by Gasteiger charge is -2.18. The fraction of sp³-hybridized carbons (Fsp3) is 0.400. The van der Waals surface area contributed by atoms with Gasteiger partial charge in [0.1, 0.15) is 0 Å². The number of benzene rings is 1. The predicted molar refractivity (Wildman–Crippen MR) is 81.6 cm³/mol. The van der Waals surface area contributed by atoms with Crippen molar-refractivity contribution in [2.45, 2.75) is 30.8 Å². The molecule has 102 valence electrons. The summed E-state index contributed by atoms with van der Waals surface area (Å²) in [4.78, 5) is 1.31. The lowest BCUT2D eigenvalue weighted by molar-refractivity contribution is 0.600. The van der Waals surface area contributed by atoms with Gasteiger partial charge in [-0.3, -0.25) is 4.68 Å². The van der Waals surface area contributed by atoms with Crippen LogP contribution in [-0.4, -0.2) is 23.1 Å². The van der Waals surface area contributed by atoms with Gasteiger partial charge in [-0.25, -0.2) is 0 Å². The molecular weight excluding hydrogens is 254 g/mol. The maximum Gasteiger partial charge on any atom is 0.0616 e. The first kappa shape index (κ1) is 14.2. The summed E-state index contributed by atoms with van der Waals surface area (Å²) in [6, 6.07) is 8.73. The SMILES string of the molecule is CCCn1cc(C(NC)c2ccccc2SC)cn1. The molecule has 0 saturated heterocycles. The van der Waals surface area contributed by atoms with Gasteiger partial charge in [0, 0.05) is 23.2 Å². The van der Waals surface area contributed by atoms with E-state index in [0.29, 0.717) is 0 Å². The minimum atomic E-state index is 0.203. The molecule has 19 heavy (non-hydrogen) atoms. The Balaban J connectivity index is 2.32. The van der Waals surface area contributed by atoms with Crippen molar-refractivity contribution in [3.05, 3.63) is 47.8 Å². The van der Waals surface area contributed by atoms with Crippen LogP contribution >= 0.6 is 11.8 Å². The Kier molecular flexibility index (Phi) is 5.05. The predicted octanol–water partition coefficient (Wildman–Crippen LogP) is 3.32. The second-order valence-electron chi connectivity index (χ2n) is 4.50. The molecule has 0 aliphatic carbocycles. The third kappa shape index (κ3) is 3.19. The van der Waals surface area contributed by atoms with Crippen LogP contribution in [0.15, 0.2) is 41.6 Å². The molecule has 0 saturated carbocycles. The summed E-state index contributed by atoms with van der Waals surface area (Å²) in [5, 5.41) is 7.82. The molecule has 0 fully saturated rings. The van der Waals surface area contributed by atoms with Crippen molar-refractivity contribution in [1.82, 2.24) is 15.1 Å². The molecule has 0 aliphatic rings. The van der Waals surface area contributed by atoms with Gasteiger partial charge in [-0.05, 0) is 31.4 Å². The lowest BCUT2D eigenvalue weighted by atomic mass is 10.0. The van der Waals surface area contributed by atoms with Crippen LogP contribution in [0.1, 0.15) is 30.5 Å². The fourth-order valence-corrected chi connectivity index (χ4v) is 2.92. The Morgan fingerprint density at radius 3 is 2.84 bits per heavy atom. The molecule has 1 atom stereocenters. The Hall–Kier alpha value is -1.26. The van der Waals surface area contributed by atoms with Crippen LogP contribution in [0.3, 0.4) is 0 Å². The van der Waals surface area contributed by atoms with Crippen LogP contribution in [0.2, 0.25) is 0 Å². The minimum absolute atomic E-state index is 0.203. The van der Waals surface area contributed by atoms with Gasteiger partial charge in [0.2, 0.25) is 0 Å². The average Bonchev–Trinajstić information content (AvgIpc) is 2.89. The number of hydrogen-bond donors (Lipinski definition) is 1. The summed E-state index contributed by atoms with van der Waals surface area (Å²) in [6.45, 7) is 3.14. The monoisotopic (exact) mass is 275 g/mol. The Bertz CT molecular complexity index is 522. The highest BCUT2D eigenvalue weighted by Gasteiger charge is 2.16. The van der Waals surface area contributed by atoms with E-state index in [-0.39, 0.29) is 6.04 Å². The number of hydrogen-bond acceptors (Lipinski definition) is 3. The van der Waals surface area contributed by atoms with Crippen LogP contribution in [0.25, 0.3) is 0 Å². The molecule has 1 heterocycles. The van der Waals surface area contributed by atoms with Gasteiger partial charge >= 0.3 is 0 Å². The molecule has 3 nitrogen and oxygen atoms in total. The second kappa shape index (κ2) is 6.78. The molecular formula is C15H21N3S. The zero-order valence-electron chi connectivity index (χ0n) is 11.8. The Morgan fingerprint density at radius 2 is 2.16 bits per heavy atom. The van der Waals surface area contributed by atoms with Gasteiger partial charge in [-0.2, -0.15) is 5.10 Å². The van der Waals surface area contributed by atoms with Crippen LogP contribution in [0.5, 0.6) is 0 Å². The topological polar surface area (TPSA) is 29.9 Å². The maximum atomic E-state index is 4.43. The molecule has 0 amide bonds. The van der Waals surface area contributed by atoms with Crippen molar-refractivity contribution in [3.63, 3.8) is 0 Å². The van der Waals surface area contributed by atoms with Crippen LogP contribution in [0.4, 0.5) is 0 Å². The zero-order valence-corrected chi connectivity index (χ0v) is 12.6. The quantitative estimate of drug-likeness (QED) is 0.820. The maximum absolute atomic E-state index is 4.43. The van der Waals surface area contributed by atoms with Gasteiger partial charge in [0.05, 0.1) is 12.2 Å². The third-order valence-electron chi connectivity index (χ3n) is 3.18. The number of nitrogens with one attached hydrogen (secondary N) is 1. The molecule has 0 spiro atoms. The van der Waals surface area contributed by atoms with Crippen molar-refractivity contribution < 1.29 is 0 Å². The first-order chi connectivity index (χ1) is 9.30. The molecule has 1 N–H and O–H groups in total. The van der Waals surface area contributed by atoms with Gasteiger partial charge in [-0.1, -0.05) is 25.1 Å². The van der Waals surface area contributed by atoms with E-state index in [1.165, 1.54) is 16.0 Å². The van der Waals surface area contributed by atoms with E-state index in [0.717, 1.165) is 13.0 Å². The standard InChI is InChI=1S/C15H21N3S/c1-4-9-18-11-12(10-17-18)15(16-2)13-7-5-6-8-14(13)19-3/h5-8,10-11,15-16H,4,9H2,1-3H3. The van der Waals surface area contributed by atoms with Crippen LogP contribution in [0, 0.1) is 0 Å². The van der Waals surface area contributed by atoms with E-state index in [9.17, 15) is 0 Å². The van der Waals surface area contributed by atoms with Crippen molar-refractivity contribution >= 4 is 11.8 Å². The third-order valence-corrected chi connectivity index (χ3v) is 3.99. The van der Waals surface area contributed by atoms with Gasteiger partial charge in [0.15, 0.2) is 0 Å². The Labute approximate surface area is 119 Å². The van der Waals surface area contributed by atoms with Crippen molar-refractivity contribution in [1.29, 1.82) is 0 Å². The highest BCUT2D eigenvalue weighted by molar-refractivity contribution is 7.98. The van der Waals surface area contributed by atoms with E-state index < -0.39 is 0 Å². The fourth-order valence-electron chi connectivity index (χ4n) is 2.29. The smallest absolute Gasteiger partial charge is 0.0616 e. The van der Waals surface area contributed by atoms with Crippen molar-refractivity contribution in [2.75, 3.05) is 13.3 Å². The first-order valence-corrected chi connectivity index (χ1v) is 7.85. The Morgan fingerprint density at radius 1 is 1.37 bits per heavy atom. The van der Waals surface area contributed by atoms with Crippen LogP contribution in [-0.2, 0) is 6.54 Å². The number of rotatable bonds is 6. The zero-order chi connectivity index (χ0) is 13.7. The molecule has 2 aromatic rings. The molecule has 2 rings (SSSR count). The van der Waals surface area contributed by atoms with E-state index >= 15 is 0 Å². The molecule has 0 bridgehead atoms. The largest absolute Gasteiger partial charge is 0.309 e. The normalized spacial score (nSPS) is 12.6. The van der Waals surface area contributed by atoms with Gasteiger partial charge < -0.3 is 5.32 Å². The van der Waals surface area contributed by atoms with E-state index in [1.54, 1.807) is 11.8 Å². The second-order valence-corrected chi connectivity index (χ2v) is 5.35. The summed E-state index contributed by atoms with van der Waals surface area (Å²) < 4.78 is 2.02. The molecule has 1 aromatic heterocycles. The van der Waals surface area contributed by atoms with Crippen LogP contribution < -0.4 is 5.32 Å². The molecule has 0 radical (unpaired) electrons. The average molecular weight is 275 g/mol. The molecule has 4 heteroatoms. The minimum Gasteiger partial charge on any atom is -0.309 e. The first-order valence-electron chi connectivity index (χ1n) is 6.62. The molecule has 1 unspecified atom stereocenters. The number of aromatic nitrogens is 2. The van der Waals surface area contributed by atoms with E-state index in [2.05, 4.69) is 54.1 Å². The number of nitrogens with zero attached hydrogens (tertiary/aromatic N) is 2. The number of thioether (sulfide) groups is 1. The summed E-state index contributed by atoms with van der Waals surface area (Å²) in [6.07, 6.45) is 7.33. The summed E-state index contributed by atoms with van der Waals surface area (Å²) in [7, 11) is 2.00. The van der Waals surface area contributed by atoms with E-state index in [1.807, 2.05) is 17.9 Å². The summed E-state index contributed by atoms with van der Waals surface area (Å²) in [5.74, 6) is 0. The van der Waals surface area contributed by atoms with Gasteiger partial charge in [0.25, 0.3) is 0 Å². The number of aryl methyl sites for hydroxylation is 1. The highest BCUT2D eigenvalue weighted by atomic mass is 32.2. The molecule has 0 aliphatic heterocycles. The van der Waals surface area contributed by atoms with E-state index in [4.69, 9.17) is 0 Å². The highest BCUT2D eigenvalue weighted by Crippen LogP contribution is 2.29. The lowest BCUT2D eigenvalue weighted by Crippen LogP contribution is -2.17. The van der Waals surface area contributed by atoms with Crippen molar-refractivity contribution in [2.24, 2.45) is 0 Å². The van der Waals surface area contributed by atoms with Crippen molar-refractivity contribution in [3.8, 4) is 0 Å². The van der Waals surface area contributed by atoms with Gasteiger partial charge in [-0.15, -0.1) is 11.8 Å². The molecule has 1 aromatic carbocycles.